The van der Waals surface area contributed by atoms with Gasteiger partial charge in [0.1, 0.15) is 0 Å². The SMILES string of the molecule is CN(C#N)CCC1CCC1. The van der Waals surface area contributed by atoms with Crippen molar-refractivity contribution >= 4 is 0 Å². The average molecular weight is 138 g/mol. The lowest BCUT2D eigenvalue weighted by molar-refractivity contribution is 0.269. The molecule has 1 rings (SSSR count). The van der Waals surface area contributed by atoms with Crippen LogP contribution in [-0.2, 0) is 0 Å². The molecule has 1 fully saturated rings. The van der Waals surface area contributed by atoms with Gasteiger partial charge in [0.05, 0.1) is 0 Å². The van der Waals surface area contributed by atoms with Gasteiger partial charge < -0.3 is 4.90 Å². The molecule has 0 aromatic rings. The predicted molar refractivity (Wildman–Crippen MR) is 40.2 cm³/mol. The lowest BCUT2D eigenvalue weighted by Gasteiger charge is -2.25. The van der Waals surface area contributed by atoms with E-state index in [1.807, 2.05) is 7.05 Å². The summed E-state index contributed by atoms with van der Waals surface area (Å²) in [5, 5.41) is 8.41. The average Bonchev–Trinajstić information content (AvgIpc) is 1.84. The summed E-state index contributed by atoms with van der Waals surface area (Å²) in [4.78, 5) is 1.71. The number of nitrogens with zero attached hydrogens (tertiary/aromatic N) is 2. The van der Waals surface area contributed by atoms with Crippen molar-refractivity contribution in [1.82, 2.24) is 4.90 Å². The first-order valence-corrected chi connectivity index (χ1v) is 3.94. The van der Waals surface area contributed by atoms with Crippen molar-refractivity contribution in [3.63, 3.8) is 0 Å². The van der Waals surface area contributed by atoms with Gasteiger partial charge in [-0.25, -0.2) is 0 Å². The van der Waals surface area contributed by atoms with Crippen molar-refractivity contribution in [2.75, 3.05) is 13.6 Å². The zero-order valence-corrected chi connectivity index (χ0v) is 6.51. The van der Waals surface area contributed by atoms with E-state index in [-0.39, 0.29) is 0 Å². The summed E-state index contributed by atoms with van der Waals surface area (Å²) in [5.41, 5.74) is 0. The van der Waals surface area contributed by atoms with Crippen LogP contribution in [0.4, 0.5) is 0 Å². The quantitative estimate of drug-likeness (QED) is 0.437. The first-order chi connectivity index (χ1) is 4.83. The lowest BCUT2D eigenvalue weighted by atomic mass is 9.83. The van der Waals surface area contributed by atoms with Gasteiger partial charge in [-0.05, 0) is 12.3 Å². The number of hydrogen-bond donors (Lipinski definition) is 0. The highest BCUT2D eigenvalue weighted by Gasteiger charge is 2.16. The van der Waals surface area contributed by atoms with E-state index in [2.05, 4.69) is 6.19 Å². The molecular formula is C8H14N2. The fourth-order valence-electron chi connectivity index (χ4n) is 1.21. The van der Waals surface area contributed by atoms with E-state index in [0.717, 1.165) is 12.5 Å². The van der Waals surface area contributed by atoms with E-state index >= 15 is 0 Å². The molecule has 0 spiro atoms. The Bertz CT molecular complexity index is 133. The summed E-state index contributed by atoms with van der Waals surface area (Å²) in [6.45, 7) is 0.946. The van der Waals surface area contributed by atoms with Crippen molar-refractivity contribution < 1.29 is 0 Å². The standard InChI is InChI=1S/C8H14N2/c1-10(7-9)6-5-8-3-2-4-8/h8H,2-6H2,1H3. The zero-order chi connectivity index (χ0) is 7.40. The molecule has 0 aromatic heterocycles. The summed E-state index contributed by atoms with van der Waals surface area (Å²) < 4.78 is 0. The van der Waals surface area contributed by atoms with Crippen molar-refractivity contribution in [2.45, 2.75) is 25.7 Å². The Labute approximate surface area is 62.4 Å². The Hall–Kier alpha value is -0.710. The van der Waals surface area contributed by atoms with Gasteiger partial charge in [-0.2, -0.15) is 5.26 Å². The molecule has 2 heteroatoms. The molecule has 1 saturated carbocycles. The van der Waals surface area contributed by atoms with Crippen LogP contribution in [0.2, 0.25) is 0 Å². The Balaban J connectivity index is 1.99. The molecule has 0 aromatic carbocycles. The minimum atomic E-state index is 0.927. The summed E-state index contributed by atoms with van der Waals surface area (Å²) in [7, 11) is 1.85. The van der Waals surface area contributed by atoms with E-state index in [1.165, 1.54) is 25.7 Å². The second-order valence-electron chi connectivity index (χ2n) is 3.11. The lowest BCUT2D eigenvalue weighted by Crippen LogP contribution is -2.19. The van der Waals surface area contributed by atoms with Gasteiger partial charge in [0, 0.05) is 13.6 Å². The third-order valence-electron chi connectivity index (χ3n) is 2.27. The van der Waals surface area contributed by atoms with Crippen molar-refractivity contribution in [1.29, 1.82) is 5.26 Å². The minimum Gasteiger partial charge on any atom is -0.314 e. The van der Waals surface area contributed by atoms with E-state index < -0.39 is 0 Å². The summed E-state index contributed by atoms with van der Waals surface area (Å²) in [5.74, 6) is 0.927. The molecular weight excluding hydrogens is 124 g/mol. The maximum Gasteiger partial charge on any atom is 0.179 e. The van der Waals surface area contributed by atoms with E-state index in [1.54, 1.807) is 4.90 Å². The number of nitriles is 1. The van der Waals surface area contributed by atoms with Crippen LogP contribution in [0.3, 0.4) is 0 Å². The highest BCUT2D eigenvalue weighted by atomic mass is 15.1. The van der Waals surface area contributed by atoms with E-state index in [0.29, 0.717) is 0 Å². The van der Waals surface area contributed by atoms with Gasteiger partial charge in [0.15, 0.2) is 6.19 Å². The Kier molecular flexibility index (Phi) is 2.56. The van der Waals surface area contributed by atoms with Crippen LogP contribution in [0, 0.1) is 17.4 Å². The summed E-state index contributed by atoms with van der Waals surface area (Å²) in [6.07, 6.45) is 7.49. The largest absolute Gasteiger partial charge is 0.314 e. The van der Waals surface area contributed by atoms with Gasteiger partial charge in [-0.15, -0.1) is 0 Å². The highest BCUT2D eigenvalue weighted by molar-refractivity contribution is 4.74. The first kappa shape index (κ1) is 7.40. The summed E-state index contributed by atoms with van der Waals surface area (Å²) in [6, 6.07) is 0. The normalized spacial score (nSPS) is 17.6. The summed E-state index contributed by atoms with van der Waals surface area (Å²) >= 11 is 0. The van der Waals surface area contributed by atoms with Gasteiger partial charge in [-0.3, -0.25) is 0 Å². The molecule has 1 aliphatic rings. The van der Waals surface area contributed by atoms with Crippen LogP contribution < -0.4 is 0 Å². The maximum absolute atomic E-state index is 8.41. The van der Waals surface area contributed by atoms with Crippen LogP contribution in [0.25, 0.3) is 0 Å². The Morgan fingerprint density at radius 1 is 1.60 bits per heavy atom. The smallest absolute Gasteiger partial charge is 0.179 e. The second kappa shape index (κ2) is 3.46. The van der Waals surface area contributed by atoms with Gasteiger partial charge in [0.25, 0.3) is 0 Å². The van der Waals surface area contributed by atoms with Crippen LogP contribution in [0.1, 0.15) is 25.7 Å². The molecule has 10 heavy (non-hydrogen) atoms. The second-order valence-corrected chi connectivity index (χ2v) is 3.11. The number of rotatable bonds is 3. The zero-order valence-electron chi connectivity index (χ0n) is 6.51. The van der Waals surface area contributed by atoms with Crippen LogP contribution in [-0.4, -0.2) is 18.5 Å². The van der Waals surface area contributed by atoms with Gasteiger partial charge >= 0.3 is 0 Å². The van der Waals surface area contributed by atoms with Gasteiger partial charge in [-0.1, -0.05) is 19.3 Å². The Morgan fingerprint density at radius 3 is 2.70 bits per heavy atom. The molecule has 56 valence electrons. The molecule has 0 bridgehead atoms. The molecule has 0 unspecified atom stereocenters. The molecule has 0 amide bonds. The maximum atomic E-state index is 8.41. The monoisotopic (exact) mass is 138 g/mol. The van der Waals surface area contributed by atoms with E-state index in [9.17, 15) is 0 Å². The third-order valence-corrected chi connectivity index (χ3v) is 2.27. The van der Waals surface area contributed by atoms with Gasteiger partial charge in [0.2, 0.25) is 0 Å². The molecule has 0 saturated heterocycles. The number of hydrogen-bond acceptors (Lipinski definition) is 2. The molecule has 1 aliphatic carbocycles. The topological polar surface area (TPSA) is 27.0 Å². The van der Waals surface area contributed by atoms with Crippen molar-refractivity contribution in [3.8, 4) is 6.19 Å². The molecule has 0 N–H and O–H groups in total. The van der Waals surface area contributed by atoms with Crippen molar-refractivity contribution in [3.05, 3.63) is 0 Å². The fourth-order valence-corrected chi connectivity index (χ4v) is 1.21. The van der Waals surface area contributed by atoms with Crippen LogP contribution in [0.5, 0.6) is 0 Å². The van der Waals surface area contributed by atoms with Crippen LogP contribution >= 0.6 is 0 Å². The van der Waals surface area contributed by atoms with Crippen LogP contribution in [0.15, 0.2) is 0 Å². The molecule has 0 radical (unpaired) electrons. The molecule has 2 nitrogen and oxygen atoms in total. The highest BCUT2D eigenvalue weighted by Crippen LogP contribution is 2.29. The van der Waals surface area contributed by atoms with E-state index in [4.69, 9.17) is 5.26 Å². The fraction of sp³-hybridized carbons (Fsp3) is 0.875. The molecule has 0 aliphatic heterocycles. The first-order valence-electron chi connectivity index (χ1n) is 3.94. The molecule has 0 heterocycles. The minimum absolute atomic E-state index is 0.927. The Morgan fingerprint density at radius 2 is 2.30 bits per heavy atom. The molecule has 0 atom stereocenters. The third kappa shape index (κ3) is 1.91. The van der Waals surface area contributed by atoms with Crippen molar-refractivity contribution in [2.24, 2.45) is 5.92 Å². The predicted octanol–water partition coefficient (Wildman–Crippen LogP) is 1.59.